The number of ketones is 1. The number of rotatable bonds is 3. The Morgan fingerprint density at radius 3 is 2.48 bits per heavy atom. The summed E-state index contributed by atoms with van der Waals surface area (Å²) in [7, 11) is 0. The van der Waals surface area contributed by atoms with Crippen molar-refractivity contribution in [3.63, 3.8) is 0 Å². The Labute approximate surface area is 138 Å². The number of halogens is 5. The lowest BCUT2D eigenvalue weighted by Gasteiger charge is -2.08. The second kappa shape index (κ2) is 6.36. The van der Waals surface area contributed by atoms with Gasteiger partial charge in [-0.15, -0.1) is 0 Å². The molecule has 0 bridgehead atoms. The summed E-state index contributed by atoms with van der Waals surface area (Å²) in [5.41, 5.74) is -0.0456. The van der Waals surface area contributed by atoms with Crippen LogP contribution in [0.2, 0.25) is 5.02 Å². The van der Waals surface area contributed by atoms with Crippen LogP contribution in [0.4, 0.5) is 13.2 Å². The maximum absolute atomic E-state index is 12.6. The normalized spacial score (nSPS) is 11.5. The van der Waals surface area contributed by atoms with Crippen molar-refractivity contribution < 1.29 is 18.0 Å². The van der Waals surface area contributed by atoms with Gasteiger partial charge in [0.2, 0.25) is 0 Å². The van der Waals surface area contributed by atoms with Crippen LogP contribution in [0.1, 0.15) is 21.5 Å². The Morgan fingerprint density at radius 1 is 1.14 bits per heavy atom. The molecule has 0 spiro atoms. The highest BCUT2D eigenvalue weighted by Crippen LogP contribution is 2.30. The standard InChI is InChI=1S/C15H9ClF3IO/c16-12-8-10(4-5-13(12)20)14(21)7-9-2-1-3-11(6-9)15(17,18)19/h1-6,8H,7H2. The molecule has 0 saturated carbocycles. The predicted molar refractivity (Wildman–Crippen MR) is 83.6 cm³/mol. The van der Waals surface area contributed by atoms with Crippen LogP contribution in [-0.4, -0.2) is 5.78 Å². The van der Waals surface area contributed by atoms with E-state index in [9.17, 15) is 18.0 Å². The maximum Gasteiger partial charge on any atom is 0.416 e. The van der Waals surface area contributed by atoms with E-state index in [0.29, 0.717) is 16.1 Å². The molecule has 0 atom stereocenters. The zero-order chi connectivity index (χ0) is 15.6. The van der Waals surface area contributed by atoms with Crippen LogP contribution < -0.4 is 0 Å². The van der Waals surface area contributed by atoms with E-state index in [-0.39, 0.29) is 12.2 Å². The molecule has 21 heavy (non-hydrogen) atoms. The third-order valence-corrected chi connectivity index (χ3v) is 4.43. The molecule has 0 heterocycles. The molecule has 0 amide bonds. The molecule has 2 rings (SSSR count). The Balaban J connectivity index is 2.21. The molecule has 0 unspecified atom stereocenters. The minimum absolute atomic E-state index is 0.0964. The fourth-order valence-electron chi connectivity index (χ4n) is 1.81. The number of hydrogen-bond donors (Lipinski definition) is 0. The SMILES string of the molecule is O=C(Cc1cccc(C(F)(F)F)c1)c1ccc(I)c(Cl)c1. The Morgan fingerprint density at radius 2 is 1.86 bits per heavy atom. The van der Waals surface area contributed by atoms with Crippen molar-refractivity contribution in [1.82, 2.24) is 0 Å². The van der Waals surface area contributed by atoms with Crippen LogP contribution in [0, 0.1) is 3.57 Å². The monoisotopic (exact) mass is 424 g/mol. The van der Waals surface area contributed by atoms with E-state index in [1.54, 1.807) is 12.1 Å². The fraction of sp³-hybridized carbons (Fsp3) is 0.133. The summed E-state index contributed by atoms with van der Waals surface area (Å²) >= 11 is 7.97. The molecule has 2 aromatic rings. The van der Waals surface area contributed by atoms with Gasteiger partial charge in [-0.2, -0.15) is 13.2 Å². The number of hydrogen-bond acceptors (Lipinski definition) is 1. The summed E-state index contributed by atoms with van der Waals surface area (Å²) in [4.78, 5) is 12.1. The molecular weight excluding hydrogens is 416 g/mol. The molecule has 0 aliphatic heterocycles. The summed E-state index contributed by atoms with van der Waals surface area (Å²) in [5.74, 6) is -0.271. The zero-order valence-electron chi connectivity index (χ0n) is 10.5. The first-order valence-electron chi connectivity index (χ1n) is 5.92. The van der Waals surface area contributed by atoms with Crippen molar-refractivity contribution in [2.75, 3.05) is 0 Å². The quantitative estimate of drug-likeness (QED) is 0.477. The molecule has 0 fully saturated rings. The number of carbonyl (C=O) groups is 1. The second-order valence-electron chi connectivity index (χ2n) is 4.43. The minimum atomic E-state index is -4.41. The first-order valence-corrected chi connectivity index (χ1v) is 7.37. The highest BCUT2D eigenvalue weighted by molar-refractivity contribution is 14.1. The Hall–Kier alpha value is -1.08. The van der Waals surface area contributed by atoms with Gasteiger partial charge in [-0.05, 0) is 46.4 Å². The van der Waals surface area contributed by atoms with E-state index in [2.05, 4.69) is 0 Å². The van der Waals surface area contributed by atoms with Gasteiger partial charge in [-0.1, -0.05) is 35.9 Å². The van der Waals surface area contributed by atoms with E-state index >= 15 is 0 Å². The number of benzene rings is 2. The van der Waals surface area contributed by atoms with E-state index in [0.717, 1.165) is 15.7 Å². The lowest BCUT2D eigenvalue weighted by molar-refractivity contribution is -0.137. The molecule has 110 valence electrons. The smallest absolute Gasteiger partial charge is 0.294 e. The van der Waals surface area contributed by atoms with Gasteiger partial charge in [0.15, 0.2) is 5.78 Å². The average Bonchev–Trinajstić information content (AvgIpc) is 2.41. The number of alkyl halides is 3. The van der Waals surface area contributed by atoms with Crippen molar-refractivity contribution in [1.29, 1.82) is 0 Å². The van der Waals surface area contributed by atoms with Crippen molar-refractivity contribution >= 4 is 40.0 Å². The lowest BCUT2D eigenvalue weighted by Crippen LogP contribution is -2.08. The molecule has 1 nitrogen and oxygen atoms in total. The third kappa shape index (κ3) is 4.20. The van der Waals surface area contributed by atoms with Gasteiger partial charge in [0.1, 0.15) is 0 Å². The topological polar surface area (TPSA) is 17.1 Å². The van der Waals surface area contributed by atoms with Crippen LogP contribution in [-0.2, 0) is 12.6 Å². The molecule has 2 aromatic carbocycles. The van der Waals surface area contributed by atoms with Crippen LogP contribution in [0.15, 0.2) is 42.5 Å². The summed E-state index contributed by atoms with van der Waals surface area (Å²) in [5, 5.41) is 0.450. The van der Waals surface area contributed by atoms with Gasteiger partial charge in [0.25, 0.3) is 0 Å². The van der Waals surface area contributed by atoms with E-state index < -0.39 is 11.7 Å². The van der Waals surface area contributed by atoms with Gasteiger partial charge in [-0.25, -0.2) is 0 Å². The van der Waals surface area contributed by atoms with Crippen LogP contribution in [0.5, 0.6) is 0 Å². The second-order valence-corrected chi connectivity index (χ2v) is 6.00. The molecule has 0 radical (unpaired) electrons. The van der Waals surface area contributed by atoms with Gasteiger partial charge < -0.3 is 0 Å². The highest BCUT2D eigenvalue weighted by Gasteiger charge is 2.30. The van der Waals surface area contributed by atoms with Crippen LogP contribution in [0.3, 0.4) is 0 Å². The first-order chi connectivity index (χ1) is 9.77. The number of carbonyl (C=O) groups excluding carboxylic acids is 1. The van der Waals surface area contributed by atoms with E-state index in [1.807, 2.05) is 22.6 Å². The molecule has 0 saturated heterocycles. The minimum Gasteiger partial charge on any atom is -0.294 e. The van der Waals surface area contributed by atoms with E-state index in [1.165, 1.54) is 18.2 Å². The molecule has 0 aromatic heterocycles. The molecular formula is C15H9ClF3IO. The van der Waals surface area contributed by atoms with E-state index in [4.69, 9.17) is 11.6 Å². The summed E-state index contributed by atoms with van der Waals surface area (Å²) in [6, 6.07) is 9.61. The van der Waals surface area contributed by atoms with Crippen molar-refractivity contribution in [3.8, 4) is 0 Å². The van der Waals surface area contributed by atoms with Crippen molar-refractivity contribution in [2.45, 2.75) is 12.6 Å². The average molecular weight is 425 g/mol. The Kier molecular flexibility index (Phi) is 4.93. The van der Waals surface area contributed by atoms with Crippen molar-refractivity contribution in [2.24, 2.45) is 0 Å². The fourth-order valence-corrected chi connectivity index (χ4v) is 2.33. The van der Waals surface area contributed by atoms with Gasteiger partial charge in [-0.3, -0.25) is 4.79 Å². The molecule has 0 aliphatic carbocycles. The first kappa shape index (κ1) is 16.3. The zero-order valence-corrected chi connectivity index (χ0v) is 13.5. The van der Waals surface area contributed by atoms with Gasteiger partial charge in [0.05, 0.1) is 10.6 Å². The summed E-state index contributed by atoms with van der Waals surface area (Å²) in [6.07, 6.45) is -4.51. The lowest BCUT2D eigenvalue weighted by atomic mass is 10.0. The van der Waals surface area contributed by atoms with Crippen molar-refractivity contribution in [3.05, 3.63) is 67.7 Å². The predicted octanol–water partition coefficient (Wildman–Crippen LogP) is 5.39. The van der Waals surface area contributed by atoms with Gasteiger partial charge >= 0.3 is 6.18 Å². The largest absolute Gasteiger partial charge is 0.416 e. The summed E-state index contributed by atoms with van der Waals surface area (Å²) < 4.78 is 38.7. The van der Waals surface area contributed by atoms with Crippen LogP contribution in [0.25, 0.3) is 0 Å². The molecule has 6 heteroatoms. The Bertz CT molecular complexity index is 683. The van der Waals surface area contributed by atoms with Crippen LogP contribution >= 0.6 is 34.2 Å². The number of Topliss-reactive ketones (excluding diaryl/α,β-unsaturated/α-hetero) is 1. The highest BCUT2D eigenvalue weighted by atomic mass is 127. The molecule has 0 aliphatic rings. The summed E-state index contributed by atoms with van der Waals surface area (Å²) in [6.45, 7) is 0. The third-order valence-electron chi connectivity index (χ3n) is 2.86. The van der Waals surface area contributed by atoms with Gasteiger partial charge in [0, 0.05) is 15.6 Å². The molecule has 0 N–H and O–H groups in total. The maximum atomic E-state index is 12.6.